The van der Waals surface area contributed by atoms with E-state index >= 15 is 0 Å². The molecule has 2 aliphatic heterocycles. The summed E-state index contributed by atoms with van der Waals surface area (Å²) in [6.45, 7) is 13.5. The number of aliphatic hydroxyl groups excluding tert-OH is 3. The van der Waals surface area contributed by atoms with Gasteiger partial charge < -0.3 is 30.3 Å². The highest BCUT2D eigenvalue weighted by Gasteiger charge is 2.57. The van der Waals surface area contributed by atoms with Gasteiger partial charge in [-0.3, -0.25) is 19.8 Å². The number of fused-ring (bicyclic) bond motifs is 2. The van der Waals surface area contributed by atoms with Crippen molar-refractivity contribution in [1.82, 2.24) is 20.6 Å². The number of nitrogens with one attached hydrogen (secondary N) is 2. The third kappa shape index (κ3) is 7.47. The molecule has 5 fully saturated rings. The molecule has 2 aromatic carbocycles. The lowest BCUT2D eigenvalue weighted by molar-refractivity contribution is -0.183. The van der Waals surface area contributed by atoms with E-state index in [0.717, 1.165) is 53.9 Å². The van der Waals surface area contributed by atoms with Crippen LogP contribution in [0.3, 0.4) is 0 Å². The molecule has 0 aromatic heterocycles. The molecular weight excluding hydrogens is 658 g/mol. The zero-order chi connectivity index (χ0) is 37.5. The molecule has 11 nitrogen and oxygen atoms in total. The summed E-state index contributed by atoms with van der Waals surface area (Å²) in [4.78, 5) is 25.0. The average molecular weight is 722 g/mol. The van der Waals surface area contributed by atoms with E-state index in [1.54, 1.807) is 19.1 Å². The Bertz CT molecular complexity index is 1550. The number of ether oxygens (including phenoxy) is 1. The molecule has 7 rings (SSSR count). The van der Waals surface area contributed by atoms with Crippen LogP contribution in [0, 0.1) is 29.1 Å². The molecule has 10 atom stereocenters. The molecule has 3 saturated carbocycles. The standard InChI is InChI=1S/C41H63N5O6/c1-9-45-15-11-13-30(45)21-42-39(49)28-16-27(17-31(18-28)44(6)7)32-14-10-12-26(38(32)51-8)22-46-37(36(25(3)48)35(23-47)52-46)40(50)43-34-20-29-19-33(24(34)2)41(29,4)5/h10,12,14,16-18,24-25,29-30,33-37,39,42,47-49H,9,11,13,15,19-23H2,1-8H3,(H,43,50)/t24-,25-,29-,30+,33+,34-,35-,36+,37-,39?/m0/s1. The molecule has 11 heteroatoms. The minimum atomic E-state index is -0.881. The van der Waals surface area contributed by atoms with Crippen LogP contribution in [0.5, 0.6) is 5.75 Å². The van der Waals surface area contributed by atoms with Crippen LogP contribution in [0.25, 0.3) is 11.1 Å². The minimum Gasteiger partial charge on any atom is -0.496 e. The van der Waals surface area contributed by atoms with Crippen molar-refractivity contribution in [3.8, 4) is 16.9 Å². The topological polar surface area (TPSA) is 130 Å². The van der Waals surface area contributed by atoms with Crippen molar-refractivity contribution < 1.29 is 29.7 Å². The number of rotatable bonds is 14. The summed E-state index contributed by atoms with van der Waals surface area (Å²) in [7, 11) is 5.61. The highest BCUT2D eigenvalue weighted by Crippen LogP contribution is 2.61. The van der Waals surface area contributed by atoms with E-state index in [1.165, 1.54) is 12.8 Å². The maximum Gasteiger partial charge on any atom is 0.240 e. The molecule has 5 N–H and O–H groups in total. The van der Waals surface area contributed by atoms with Gasteiger partial charge in [0.1, 0.15) is 24.1 Å². The smallest absolute Gasteiger partial charge is 0.240 e. The Morgan fingerprint density at radius 2 is 1.94 bits per heavy atom. The molecule has 0 spiro atoms. The second-order valence-electron chi connectivity index (χ2n) is 16.7. The number of aliphatic hydroxyl groups is 3. The zero-order valence-corrected chi connectivity index (χ0v) is 32.5. The van der Waals surface area contributed by atoms with Crippen LogP contribution in [-0.2, 0) is 16.2 Å². The summed E-state index contributed by atoms with van der Waals surface area (Å²) in [6, 6.07) is 11.7. The van der Waals surface area contributed by atoms with Crippen molar-refractivity contribution in [1.29, 1.82) is 0 Å². The number of carbonyl (C=O) groups is 1. The second kappa shape index (κ2) is 15.9. The highest BCUT2D eigenvalue weighted by atomic mass is 16.7. The van der Waals surface area contributed by atoms with Crippen LogP contribution in [0.15, 0.2) is 36.4 Å². The second-order valence-corrected chi connectivity index (χ2v) is 16.7. The first-order valence-corrected chi connectivity index (χ1v) is 19.5. The summed E-state index contributed by atoms with van der Waals surface area (Å²) >= 11 is 0. The van der Waals surface area contributed by atoms with Crippen molar-refractivity contribution in [3.63, 3.8) is 0 Å². The number of methoxy groups -OCH3 is 1. The summed E-state index contributed by atoms with van der Waals surface area (Å²) in [5.74, 6) is 1.33. The number of likely N-dealkylation sites (N-methyl/N-ethyl adjacent to an activating group) is 1. The van der Waals surface area contributed by atoms with Gasteiger partial charge in [-0.25, -0.2) is 0 Å². The summed E-state index contributed by atoms with van der Waals surface area (Å²) in [5.41, 5.74) is 4.52. The lowest BCUT2D eigenvalue weighted by Gasteiger charge is -2.62. The van der Waals surface area contributed by atoms with Crippen molar-refractivity contribution >= 4 is 11.6 Å². The van der Waals surface area contributed by atoms with E-state index in [4.69, 9.17) is 9.57 Å². The summed E-state index contributed by atoms with van der Waals surface area (Å²) < 4.78 is 6.10. The number of hydroxylamine groups is 2. The fourth-order valence-corrected chi connectivity index (χ4v) is 9.94. The summed E-state index contributed by atoms with van der Waals surface area (Å²) in [5, 5.41) is 41.0. The van der Waals surface area contributed by atoms with Gasteiger partial charge in [0.15, 0.2) is 0 Å². The van der Waals surface area contributed by atoms with E-state index in [0.29, 0.717) is 41.5 Å². The highest BCUT2D eigenvalue weighted by molar-refractivity contribution is 5.83. The van der Waals surface area contributed by atoms with Crippen LogP contribution in [0.1, 0.15) is 77.7 Å². The molecule has 52 heavy (non-hydrogen) atoms. The van der Waals surface area contributed by atoms with Crippen molar-refractivity contribution in [3.05, 3.63) is 47.5 Å². The lowest BCUT2D eigenvalue weighted by atomic mass is 9.45. The Kier molecular flexibility index (Phi) is 11.9. The summed E-state index contributed by atoms with van der Waals surface area (Å²) in [6.07, 6.45) is 2.00. The Labute approximate surface area is 310 Å². The fourth-order valence-electron chi connectivity index (χ4n) is 9.94. The van der Waals surface area contributed by atoms with Crippen LogP contribution in [-0.4, -0.2) is 109 Å². The zero-order valence-electron chi connectivity index (χ0n) is 32.5. The third-order valence-electron chi connectivity index (χ3n) is 13.2. The Morgan fingerprint density at radius 1 is 1.17 bits per heavy atom. The Morgan fingerprint density at radius 3 is 2.58 bits per heavy atom. The molecule has 2 saturated heterocycles. The molecule has 288 valence electrons. The number of anilines is 1. The van der Waals surface area contributed by atoms with Gasteiger partial charge in [-0.05, 0) is 98.2 Å². The van der Waals surface area contributed by atoms with Gasteiger partial charge >= 0.3 is 0 Å². The van der Waals surface area contributed by atoms with E-state index < -0.39 is 30.4 Å². The number of para-hydroxylation sites is 1. The number of nitrogens with zero attached hydrogens (tertiary/aromatic N) is 3. The van der Waals surface area contributed by atoms with Crippen LogP contribution in [0.2, 0.25) is 0 Å². The van der Waals surface area contributed by atoms with E-state index in [-0.39, 0.29) is 25.1 Å². The number of hydrogen-bond donors (Lipinski definition) is 5. The first-order valence-electron chi connectivity index (χ1n) is 19.5. The number of amides is 1. The molecule has 3 aliphatic carbocycles. The van der Waals surface area contributed by atoms with Crippen molar-refractivity contribution in [2.75, 3.05) is 52.3 Å². The predicted octanol–water partition coefficient (Wildman–Crippen LogP) is 4.15. The van der Waals surface area contributed by atoms with Crippen LogP contribution in [0.4, 0.5) is 5.69 Å². The predicted molar refractivity (Wildman–Crippen MR) is 204 cm³/mol. The van der Waals surface area contributed by atoms with E-state index in [1.807, 2.05) is 49.3 Å². The number of benzene rings is 2. The Hall–Kier alpha value is -2.77. The van der Waals surface area contributed by atoms with Gasteiger partial charge in [0.2, 0.25) is 5.91 Å². The van der Waals surface area contributed by atoms with E-state index in [9.17, 15) is 20.1 Å². The van der Waals surface area contributed by atoms with Crippen molar-refractivity contribution in [2.24, 2.45) is 29.1 Å². The van der Waals surface area contributed by atoms with Gasteiger partial charge in [0.25, 0.3) is 0 Å². The van der Waals surface area contributed by atoms with Gasteiger partial charge in [-0.1, -0.05) is 45.9 Å². The third-order valence-corrected chi connectivity index (χ3v) is 13.2. The molecule has 2 heterocycles. The molecule has 1 amide bonds. The first kappa shape index (κ1) is 38.9. The SMILES string of the molecule is CCN1CCC[C@@H]1CNC(O)c1cc(-c2cccc(CN3O[C@@H](CO)[C@@H]([C@H](C)O)[C@H]3C(=O)N[C@H]3C[C@@H]4C[C@H]([C@@H]3C)C4(C)C)c2OC)cc(N(C)C)c1. The van der Waals surface area contributed by atoms with Gasteiger partial charge in [0.05, 0.1) is 26.4 Å². The molecule has 2 aromatic rings. The molecule has 0 radical (unpaired) electrons. The maximum atomic E-state index is 14.2. The van der Waals surface area contributed by atoms with Gasteiger partial charge in [0, 0.05) is 55.5 Å². The van der Waals surface area contributed by atoms with E-state index in [2.05, 4.69) is 49.3 Å². The van der Waals surface area contributed by atoms with Crippen LogP contribution >= 0.6 is 0 Å². The quantitative estimate of drug-likeness (QED) is 0.182. The largest absolute Gasteiger partial charge is 0.496 e. The molecule has 2 bridgehead atoms. The molecule has 5 aliphatic rings. The monoisotopic (exact) mass is 721 g/mol. The lowest BCUT2D eigenvalue weighted by Crippen LogP contribution is -2.62. The minimum absolute atomic E-state index is 0.0542. The number of likely N-dealkylation sites (tertiary alicyclic amines) is 1. The fraction of sp³-hybridized carbons (Fsp3) is 0.683. The average Bonchev–Trinajstić information content (AvgIpc) is 3.75. The van der Waals surface area contributed by atoms with Gasteiger partial charge in [-0.2, -0.15) is 5.06 Å². The van der Waals surface area contributed by atoms with Gasteiger partial charge in [-0.15, -0.1) is 0 Å². The maximum absolute atomic E-state index is 14.2. The van der Waals surface area contributed by atoms with Crippen LogP contribution < -0.4 is 20.3 Å². The first-order chi connectivity index (χ1) is 24.8. The normalized spacial score (nSPS) is 31.2. The number of carbonyl (C=O) groups excluding carboxylic acids is 1. The molecular formula is C41H63N5O6. The Balaban J connectivity index is 1.26. The number of hydrogen-bond acceptors (Lipinski definition) is 10. The van der Waals surface area contributed by atoms with Crippen molar-refractivity contribution in [2.45, 2.75) is 103 Å². The molecule has 1 unspecified atom stereocenters.